The third-order valence-corrected chi connectivity index (χ3v) is 5.04. The van der Waals surface area contributed by atoms with Gasteiger partial charge in [0.05, 0.1) is 12.4 Å². The minimum Gasteiger partial charge on any atom is -0.497 e. The Morgan fingerprint density at radius 3 is 2.89 bits per heavy atom. The molecule has 0 spiro atoms. The van der Waals surface area contributed by atoms with Crippen LogP contribution in [-0.2, 0) is 4.79 Å². The minimum atomic E-state index is -0.389. The van der Waals surface area contributed by atoms with Crippen molar-refractivity contribution < 1.29 is 9.53 Å². The molecule has 2 aromatic carbocycles. The highest BCUT2D eigenvalue weighted by atomic mass is 32.2. The van der Waals surface area contributed by atoms with Gasteiger partial charge >= 0.3 is 0 Å². The van der Waals surface area contributed by atoms with E-state index in [4.69, 9.17) is 4.74 Å². The van der Waals surface area contributed by atoms with E-state index in [-0.39, 0.29) is 11.2 Å². The fourth-order valence-electron chi connectivity index (χ4n) is 2.71. The molecule has 1 atom stereocenters. The second kappa shape index (κ2) is 7.24. The lowest BCUT2D eigenvalue weighted by molar-refractivity contribution is -0.115. The smallest absolute Gasteiger partial charge is 0.237 e. The number of hydrogen-bond acceptors (Lipinski definition) is 6. The summed E-state index contributed by atoms with van der Waals surface area (Å²) >= 11 is 1.26. The Labute approximate surface area is 159 Å². The minimum absolute atomic E-state index is 0.145. The van der Waals surface area contributed by atoms with Gasteiger partial charge in [-0.1, -0.05) is 36.0 Å². The molecule has 0 aliphatic heterocycles. The van der Waals surface area contributed by atoms with E-state index in [1.807, 2.05) is 42.5 Å². The van der Waals surface area contributed by atoms with Gasteiger partial charge in [0, 0.05) is 22.7 Å². The molecule has 2 aromatic heterocycles. The molecule has 0 aliphatic carbocycles. The highest BCUT2D eigenvalue weighted by Crippen LogP contribution is 2.26. The van der Waals surface area contributed by atoms with E-state index in [9.17, 15) is 4.79 Å². The molecule has 2 heterocycles. The maximum Gasteiger partial charge on any atom is 0.237 e. The second-order valence-corrected chi connectivity index (χ2v) is 7.25. The van der Waals surface area contributed by atoms with Crippen molar-refractivity contribution in [3.05, 3.63) is 48.5 Å². The highest BCUT2D eigenvalue weighted by molar-refractivity contribution is 8.00. The van der Waals surface area contributed by atoms with Crippen molar-refractivity contribution in [2.75, 3.05) is 12.4 Å². The number of thioether (sulfide) groups is 1. The summed E-state index contributed by atoms with van der Waals surface area (Å²) in [6.45, 7) is 1.80. The molecule has 0 fully saturated rings. The lowest BCUT2D eigenvalue weighted by atomic mass is 10.2. The molecule has 0 bridgehead atoms. The average molecular weight is 379 g/mol. The first-order valence-corrected chi connectivity index (χ1v) is 9.25. The second-order valence-electron chi connectivity index (χ2n) is 5.94. The zero-order chi connectivity index (χ0) is 18.8. The fourth-order valence-corrected chi connectivity index (χ4v) is 3.43. The molecule has 136 valence electrons. The number of benzene rings is 2. The Balaban J connectivity index is 1.50. The number of aromatic nitrogens is 4. The summed E-state index contributed by atoms with van der Waals surface area (Å²) in [4.78, 5) is 20.2. The largest absolute Gasteiger partial charge is 0.497 e. The van der Waals surface area contributed by atoms with Crippen LogP contribution in [-0.4, -0.2) is 38.4 Å². The maximum absolute atomic E-state index is 12.5. The van der Waals surface area contributed by atoms with Crippen molar-refractivity contribution in [2.24, 2.45) is 0 Å². The van der Waals surface area contributed by atoms with Crippen LogP contribution in [0.1, 0.15) is 6.92 Å². The number of nitrogens with one attached hydrogen (secondary N) is 2. The first-order chi connectivity index (χ1) is 13.1. The summed E-state index contributed by atoms with van der Waals surface area (Å²) in [5.74, 6) is 0.540. The number of H-pyrrole nitrogens is 1. The molecule has 1 amide bonds. The van der Waals surface area contributed by atoms with Crippen molar-refractivity contribution in [1.82, 2.24) is 20.2 Å². The Morgan fingerprint density at radius 2 is 2.04 bits per heavy atom. The highest BCUT2D eigenvalue weighted by Gasteiger charge is 2.18. The molecule has 2 N–H and O–H groups in total. The van der Waals surface area contributed by atoms with Crippen LogP contribution in [0, 0.1) is 0 Å². The number of rotatable bonds is 5. The molecule has 4 aromatic rings. The zero-order valence-corrected chi connectivity index (χ0v) is 15.6. The van der Waals surface area contributed by atoms with Gasteiger partial charge in [-0.15, -0.1) is 10.2 Å². The first kappa shape index (κ1) is 17.3. The van der Waals surface area contributed by atoms with Gasteiger partial charge in [-0.3, -0.25) is 4.79 Å². The van der Waals surface area contributed by atoms with E-state index in [1.165, 1.54) is 11.8 Å². The molecular formula is C19H17N5O2S. The number of methoxy groups -OCH3 is 1. The number of hydrogen-bond donors (Lipinski definition) is 2. The van der Waals surface area contributed by atoms with E-state index >= 15 is 0 Å². The van der Waals surface area contributed by atoms with Crippen molar-refractivity contribution >= 4 is 45.4 Å². The van der Waals surface area contributed by atoms with Crippen molar-refractivity contribution in [3.63, 3.8) is 0 Å². The molecule has 0 saturated heterocycles. The molecule has 0 saturated carbocycles. The van der Waals surface area contributed by atoms with E-state index in [0.29, 0.717) is 22.2 Å². The third kappa shape index (κ3) is 3.56. The SMILES string of the molecule is COc1cccc(NC(=O)C(C)Sc2nnc3c(n2)[nH]c2ccccc23)c1. The average Bonchev–Trinajstić information content (AvgIpc) is 3.05. The van der Waals surface area contributed by atoms with Gasteiger partial charge in [-0.2, -0.15) is 0 Å². The van der Waals surface area contributed by atoms with Crippen LogP contribution in [0.3, 0.4) is 0 Å². The van der Waals surface area contributed by atoms with Crippen LogP contribution >= 0.6 is 11.8 Å². The Morgan fingerprint density at radius 1 is 1.19 bits per heavy atom. The van der Waals surface area contributed by atoms with Crippen molar-refractivity contribution in [3.8, 4) is 5.75 Å². The van der Waals surface area contributed by atoms with E-state index in [0.717, 1.165) is 16.4 Å². The summed E-state index contributed by atoms with van der Waals surface area (Å²) in [7, 11) is 1.59. The number of carbonyl (C=O) groups excluding carboxylic acids is 1. The molecule has 7 nitrogen and oxygen atoms in total. The zero-order valence-electron chi connectivity index (χ0n) is 14.8. The van der Waals surface area contributed by atoms with Crippen LogP contribution in [0.5, 0.6) is 5.75 Å². The van der Waals surface area contributed by atoms with Crippen LogP contribution in [0.25, 0.3) is 22.1 Å². The Bertz CT molecular complexity index is 1130. The van der Waals surface area contributed by atoms with Gasteiger partial charge in [0.2, 0.25) is 11.1 Å². The topological polar surface area (TPSA) is 92.8 Å². The van der Waals surface area contributed by atoms with E-state index in [2.05, 4.69) is 25.5 Å². The molecular weight excluding hydrogens is 362 g/mol. The summed E-state index contributed by atoms with van der Waals surface area (Å²) in [6, 6.07) is 15.1. The lowest BCUT2D eigenvalue weighted by Gasteiger charge is -2.11. The molecule has 8 heteroatoms. The number of nitrogens with zero attached hydrogens (tertiary/aromatic N) is 3. The summed E-state index contributed by atoms with van der Waals surface area (Å²) in [6.07, 6.45) is 0. The molecule has 27 heavy (non-hydrogen) atoms. The number of anilines is 1. The lowest BCUT2D eigenvalue weighted by Crippen LogP contribution is -2.22. The number of carbonyl (C=O) groups is 1. The fraction of sp³-hybridized carbons (Fsp3) is 0.158. The van der Waals surface area contributed by atoms with Gasteiger partial charge < -0.3 is 15.0 Å². The van der Waals surface area contributed by atoms with Crippen molar-refractivity contribution in [1.29, 1.82) is 0 Å². The van der Waals surface area contributed by atoms with Gasteiger partial charge in [0.25, 0.3) is 0 Å². The van der Waals surface area contributed by atoms with Gasteiger partial charge in [-0.05, 0) is 25.1 Å². The van der Waals surface area contributed by atoms with Crippen LogP contribution in [0.4, 0.5) is 5.69 Å². The Hall–Kier alpha value is -3.13. The number of amides is 1. The van der Waals surface area contributed by atoms with Gasteiger partial charge in [0.1, 0.15) is 11.3 Å². The quantitative estimate of drug-likeness (QED) is 0.514. The van der Waals surface area contributed by atoms with Gasteiger partial charge in [0.15, 0.2) is 5.65 Å². The summed E-state index contributed by atoms with van der Waals surface area (Å²) in [5, 5.41) is 12.4. The predicted octanol–water partition coefficient (Wildman–Crippen LogP) is 3.63. The maximum atomic E-state index is 12.5. The number of ether oxygens (including phenoxy) is 1. The van der Waals surface area contributed by atoms with Crippen LogP contribution in [0.2, 0.25) is 0 Å². The number of fused-ring (bicyclic) bond motifs is 3. The monoisotopic (exact) mass is 379 g/mol. The molecule has 1 unspecified atom stereocenters. The first-order valence-electron chi connectivity index (χ1n) is 8.37. The molecule has 0 aliphatic rings. The van der Waals surface area contributed by atoms with Crippen LogP contribution in [0.15, 0.2) is 53.7 Å². The van der Waals surface area contributed by atoms with Crippen molar-refractivity contribution in [2.45, 2.75) is 17.3 Å². The Kier molecular flexibility index (Phi) is 4.64. The van der Waals surface area contributed by atoms with Crippen LogP contribution < -0.4 is 10.1 Å². The third-order valence-electron chi connectivity index (χ3n) is 4.09. The normalized spacial score (nSPS) is 12.2. The van der Waals surface area contributed by atoms with Gasteiger partial charge in [-0.25, -0.2) is 4.98 Å². The number of para-hydroxylation sites is 1. The summed E-state index contributed by atoms with van der Waals surface area (Å²) in [5.41, 5.74) is 3.02. The predicted molar refractivity (Wildman–Crippen MR) is 106 cm³/mol. The molecule has 0 radical (unpaired) electrons. The standard InChI is InChI=1S/C19H17N5O2S/c1-11(18(25)20-12-6-5-7-13(10-12)26-2)27-19-22-17-16(23-24-19)14-8-3-4-9-15(14)21-17/h3-11H,1-2H3,(H,20,25)(H,21,22,24). The van der Waals surface area contributed by atoms with E-state index in [1.54, 1.807) is 20.1 Å². The van der Waals surface area contributed by atoms with E-state index < -0.39 is 0 Å². The number of aromatic amines is 1. The molecule has 4 rings (SSSR count). The summed E-state index contributed by atoms with van der Waals surface area (Å²) < 4.78 is 5.17.